The molecule has 3 rings (SSSR count). The predicted molar refractivity (Wildman–Crippen MR) is 66.0 cm³/mol. The van der Waals surface area contributed by atoms with Gasteiger partial charge >= 0.3 is 6.18 Å². The molecule has 7 heteroatoms. The molecule has 0 atom stereocenters. The highest BCUT2D eigenvalue weighted by molar-refractivity contribution is 5.61. The van der Waals surface area contributed by atoms with Crippen LogP contribution in [0.4, 0.5) is 13.2 Å². The van der Waals surface area contributed by atoms with Crippen molar-refractivity contribution in [2.75, 3.05) is 0 Å². The SMILES string of the molecule is Cc1cc(-c2ccccc2)nc2nnc(C(F)(F)F)n12. The van der Waals surface area contributed by atoms with E-state index >= 15 is 0 Å². The van der Waals surface area contributed by atoms with E-state index in [1.54, 1.807) is 13.0 Å². The summed E-state index contributed by atoms with van der Waals surface area (Å²) in [4.78, 5) is 4.13. The van der Waals surface area contributed by atoms with Crippen LogP contribution in [0, 0.1) is 6.92 Å². The van der Waals surface area contributed by atoms with Gasteiger partial charge in [-0.3, -0.25) is 4.40 Å². The predicted octanol–water partition coefficient (Wildman–Crippen LogP) is 3.12. The Hall–Kier alpha value is -2.44. The van der Waals surface area contributed by atoms with Gasteiger partial charge in [-0.25, -0.2) is 4.98 Å². The van der Waals surface area contributed by atoms with E-state index in [1.807, 2.05) is 30.3 Å². The van der Waals surface area contributed by atoms with E-state index in [1.165, 1.54) is 0 Å². The normalized spacial score (nSPS) is 12.0. The molecule has 0 fully saturated rings. The van der Waals surface area contributed by atoms with E-state index < -0.39 is 12.0 Å². The summed E-state index contributed by atoms with van der Waals surface area (Å²) in [6, 6.07) is 10.8. The van der Waals surface area contributed by atoms with Gasteiger partial charge in [0.2, 0.25) is 5.82 Å². The first-order chi connectivity index (χ1) is 9.47. The highest BCUT2D eigenvalue weighted by atomic mass is 19.4. The molecule has 2 heterocycles. The van der Waals surface area contributed by atoms with Crippen molar-refractivity contribution in [2.45, 2.75) is 13.1 Å². The third kappa shape index (κ3) is 2.01. The zero-order chi connectivity index (χ0) is 14.3. The molecule has 0 spiro atoms. The maximum atomic E-state index is 12.8. The molecule has 4 nitrogen and oxygen atoms in total. The van der Waals surface area contributed by atoms with Crippen LogP contribution in [0.15, 0.2) is 36.4 Å². The average Bonchev–Trinajstić information content (AvgIpc) is 2.84. The van der Waals surface area contributed by atoms with Crippen LogP contribution >= 0.6 is 0 Å². The second kappa shape index (κ2) is 4.29. The molecule has 0 aliphatic heterocycles. The summed E-state index contributed by atoms with van der Waals surface area (Å²) in [5, 5.41) is 6.70. The Morgan fingerprint density at radius 1 is 1.05 bits per heavy atom. The van der Waals surface area contributed by atoms with Crippen LogP contribution in [-0.4, -0.2) is 19.6 Å². The lowest BCUT2D eigenvalue weighted by Gasteiger charge is -2.08. The fourth-order valence-corrected chi connectivity index (χ4v) is 2.02. The Balaban J connectivity index is 2.23. The van der Waals surface area contributed by atoms with E-state index in [9.17, 15) is 13.2 Å². The van der Waals surface area contributed by atoms with Crippen molar-refractivity contribution < 1.29 is 13.2 Å². The van der Waals surface area contributed by atoms with Crippen LogP contribution in [-0.2, 0) is 6.18 Å². The molecule has 20 heavy (non-hydrogen) atoms. The summed E-state index contributed by atoms with van der Waals surface area (Å²) in [5.74, 6) is -1.12. The van der Waals surface area contributed by atoms with Crippen molar-refractivity contribution in [3.63, 3.8) is 0 Å². The lowest BCUT2D eigenvalue weighted by atomic mass is 10.1. The van der Waals surface area contributed by atoms with Gasteiger partial charge in [-0.15, -0.1) is 10.2 Å². The van der Waals surface area contributed by atoms with Gasteiger partial charge in [-0.2, -0.15) is 13.2 Å². The van der Waals surface area contributed by atoms with E-state index in [-0.39, 0.29) is 5.78 Å². The van der Waals surface area contributed by atoms with Crippen LogP contribution in [0.1, 0.15) is 11.5 Å². The Labute approximate surface area is 111 Å². The van der Waals surface area contributed by atoms with Gasteiger partial charge in [0.05, 0.1) is 5.69 Å². The molecule has 0 saturated carbocycles. The second-order valence-electron chi connectivity index (χ2n) is 4.31. The first kappa shape index (κ1) is 12.6. The Kier molecular flexibility index (Phi) is 2.70. The Morgan fingerprint density at radius 3 is 2.40 bits per heavy atom. The number of hydrogen-bond donors (Lipinski definition) is 0. The van der Waals surface area contributed by atoms with Gasteiger partial charge < -0.3 is 0 Å². The largest absolute Gasteiger partial charge is 0.452 e. The number of rotatable bonds is 1. The summed E-state index contributed by atoms with van der Waals surface area (Å²) >= 11 is 0. The highest BCUT2D eigenvalue weighted by Gasteiger charge is 2.37. The quantitative estimate of drug-likeness (QED) is 0.687. The van der Waals surface area contributed by atoms with Gasteiger partial charge in [0.1, 0.15) is 0 Å². The maximum Gasteiger partial charge on any atom is 0.452 e. The molecular formula is C13H9F3N4. The van der Waals surface area contributed by atoms with E-state index in [0.29, 0.717) is 11.4 Å². The highest BCUT2D eigenvalue weighted by Crippen LogP contribution is 2.29. The number of halogens is 3. The molecule has 102 valence electrons. The van der Waals surface area contributed by atoms with Crippen molar-refractivity contribution in [3.05, 3.63) is 47.9 Å². The van der Waals surface area contributed by atoms with Crippen LogP contribution in [0.5, 0.6) is 0 Å². The fourth-order valence-electron chi connectivity index (χ4n) is 2.02. The average molecular weight is 278 g/mol. The maximum absolute atomic E-state index is 12.8. The van der Waals surface area contributed by atoms with Crippen molar-refractivity contribution in [1.29, 1.82) is 0 Å². The summed E-state index contributed by atoms with van der Waals surface area (Å²) in [7, 11) is 0. The summed E-state index contributed by atoms with van der Waals surface area (Å²) in [6.45, 7) is 1.57. The number of nitrogens with zero attached hydrogens (tertiary/aromatic N) is 4. The number of benzene rings is 1. The molecule has 0 amide bonds. The van der Waals surface area contributed by atoms with Gasteiger partial charge in [-0.05, 0) is 13.0 Å². The Bertz CT molecular complexity index is 762. The topological polar surface area (TPSA) is 43.1 Å². The molecule has 1 aromatic carbocycles. The van der Waals surface area contributed by atoms with E-state index in [0.717, 1.165) is 9.96 Å². The molecule has 0 aliphatic carbocycles. The second-order valence-corrected chi connectivity index (χ2v) is 4.31. The van der Waals surface area contributed by atoms with Crippen LogP contribution in [0.2, 0.25) is 0 Å². The van der Waals surface area contributed by atoms with Gasteiger partial charge in [0.15, 0.2) is 0 Å². The number of fused-ring (bicyclic) bond motifs is 1. The van der Waals surface area contributed by atoms with Crippen molar-refractivity contribution in [3.8, 4) is 11.3 Å². The third-order valence-corrected chi connectivity index (χ3v) is 2.89. The zero-order valence-corrected chi connectivity index (χ0v) is 10.4. The molecule has 0 radical (unpaired) electrons. The van der Waals surface area contributed by atoms with Gasteiger partial charge in [0.25, 0.3) is 5.78 Å². The summed E-state index contributed by atoms with van der Waals surface area (Å²) < 4.78 is 39.3. The first-order valence-corrected chi connectivity index (χ1v) is 5.82. The van der Waals surface area contributed by atoms with E-state index in [2.05, 4.69) is 15.2 Å². The summed E-state index contributed by atoms with van der Waals surface area (Å²) in [6.07, 6.45) is -4.56. The van der Waals surface area contributed by atoms with Crippen molar-refractivity contribution in [1.82, 2.24) is 19.6 Å². The number of alkyl halides is 3. The molecule has 0 bridgehead atoms. The molecule has 0 unspecified atom stereocenters. The van der Waals surface area contributed by atoms with Crippen LogP contribution < -0.4 is 0 Å². The van der Waals surface area contributed by atoms with Crippen molar-refractivity contribution in [2.24, 2.45) is 0 Å². The van der Waals surface area contributed by atoms with Crippen LogP contribution in [0.25, 0.3) is 17.0 Å². The molecule has 0 aliphatic rings. The number of hydrogen-bond acceptors (Lipinski definition) is 3. The minimum absolute atomic E-state index is 0.0591. The number of aryl methyl sites for hydroxylation is 1. The van der Waals surface area contributed by atoms with Gasteiger partial charge in [-0.1, -0.05) is 30.3 Å². The minimum atomic E-state index is -4.56. The molecular weight excluding hydrogens is 269 g/mol. The lowest BCUT2D eigenvalue weighted by Crippen LogP contribution is -2.12. The first-order valence-electron chi connectivity index (χ1n) is 5.82. The molecule has 0 N–H and O–H groups in total. The zero-order valence-electron chi connectivity index (χ0n) is 10.4. The minimum Gasteiger partial charge on any atom is -0.260 e. The van der Waals surface area contributed by atoms with Crippen molar-refractivity contribution >= 4 is 5.78 Å². The van der Waals surface area contributed by atoms with Gasteiger partial charge in [0, 0.05) is 11.3 Å². The standard InChI is InChI=1S/C13H9F3N4/c1-8-7-10(9-5-3-2-4-6-9)17-12-19-18-11(20(8)12)13(14,15)16/h2-7H,1H3. The monoisotopic (exact) mass is 278 g/mol. The summed E-state index contributed by atoms with van der Waals surface area (Å²) in [5.41, 5.74) is 1.76. The van der Waals surface area contributed by atoms with E-state index in [4.69, 9.17) is 0 Å². The van der Waals surface area contributed by atoms with Crippen LogP contribution in [0.3, 0.4) is 0 Å². The lowest BCUT2D eigenvalue weighted by molar-refractivity contribution is -0.145. The molecule has 2 aromatic heterocycles. The molecule has 0 saturated heterocycles. The number of aromatic nitrogens is 4. The smallest absolute Gasteiger partial charge is 0.260 e. The Morgan fingerprint density at radius 2 is 1.75 bits per heavy atom. The third-order valence-electron chi connectivity index (χ3n) is 2.89. The molecule has 3 aromatic rings. The fraction of sp³-hybridized carbons (Fsp3) is 0.154.